The molecule has 64 valence electrons. The predicted octanol–water partition coefficient (Wildman–Crippen LogP) is 3.11. The monoisotopic (exact) mass is 165 g/mol. The van der Waals surface area contributed by atoms with Gasteiger partial charge in [-0.05, 0) is 37.1 Å². The lowest BCUT2D eigenvalue weighted by molar-refractivity contribution is 0.612. The fourth-order valence-electron chi connectivity index (χ4n) is 1.06. The lowest BCUT2D eigenvalue weighted by Crippen LogP contribution is -1.85. The van der Waals surface area contributed by atoms with Crippen LogP contribution >= 0.6 is 0 Å². The van der Waals surface area contributed by atoms with Crippen molar-refractivity contribution in [3.8, 4) is 0 Å². The fraction of sp³-hybridized carbons (Fsp3) is 0.300. The van der Waals surface area contributed by atoms with Crippen LogP contribution in [0.3, 0.4) is 0 Å². The Kier molecular flexibility index (Phi) is 2.97. The van der Waals surface area contributed by atoms with Gasteiger partial charge >= 0.3 is 0 Å². The smallest absolute Gasteiger partial charge is 0.126 e. The first-order chi connectivity index (χ1) is 5.77. The zero-order valence-electron chi connectivity index (χ0n) is 7.34. The van der Waals surface area contributed by atoms with Crippen LogP contribution in [0.2, 0.25) is 0 Å². The summed E-state index contributed by atoms with van der Waals surface area (Å²) in [5, 5.41) is 0. The number of rotatable bonds is 2. The van der Waals surface area contributed by atoms with Gasteiger partial charge < -0.3 is 0 Å². The number of nitrogens with zero attached hydrogens (tertiary/aromatic N) is 1. The van der Waals surface area contributed by atoms with Gasteiger partial charge in [0.25, 0.3) is 0 Å². The summed E-state index contributed by atoms with van der Waals surface area (Å²) in [5.74, 6) is -0.146. The lowest BCUT2D eigenvalue weighted by Gasteiger charge is -1.99. The summed E-state index contributed by atoms with van der Waals surface area (Å²) in [6, 6.07) is 4.91. The number of hydrogen-bond donors (Lipinski definition) is 0. The first kappa shape index (κ1) is 8.91. The van der Waals surface area contributed by atoms with Crippen molar-refractivity contribution in [2.45, 2.75) is 20.3 Å². The van der Waals surface area contributed by atoms with Crippen LogP contribution in [0.15, 0.2) is 23.2 Å². The van der Waals surface area contributed by atoms with Crippen LogP contribution in [-0.2, 0) is 6.42 Å². The van der Waals surface area contributed by atoms with Crippen molar-refractivity contribution in [1.82, 2.24) is 0 Å². The number of aryl methyl sites for hydroxylation is 1. The molecule has 0 N–H and O–H groups in total. The fourth-order valence-corrected chi connectivity index (χ4v) is 1.06. The highest BCUT2D eigenvalue weighted by Gasteiger charge is 1.99. The second-order valence-electron chi connectivity index (χ2n) is 2.52. The molecule has 0 unspecified atom stereocenters. The van der Waals surface area contributed by atoms with E-state index in [0.29, 0.717) is 6.42 Å². The maximum Gasteiger partial charge on any atom is 0.126 e. The molecule has 1 aromatic rings. The minimum absolute atomic E-state index is 0.146. The van der Waals surface area contributed by atoms with Crippen molar-refractivity contribution in [3.63, 3.8) is 0 Å². The summed E-state index contributed by atoms with van der Waals surface area (Å²) in [6.45, 7) is 3.77. The van der Waals surface area contributed by atoms with E-state index in [2.05, 4.69) is 4.99 Å². The van der Waals surface area contributed by atoms with Crippen LogP contribution in [0.1, 0.15) is 19.4 Å². The Morgan fingerprint density at radius 2 is 2.25 bits per heavy atom. The molecular weight excluding hydrogens is 153 g/mol. The molecule has 0 atom stereocenters. The topological polar surface area (TPSA) is 12.4 Å². The second kappa shape index (κ2) is 4.00. The standard InChI is InChI=1S/C10H12FN/c1-3-8-7-9(12-4-2)5-6-10(8)11/h4-7H,3H2,1-2H3. The molecular formula is C10H12FN. The Morgan fingerprint density at radius 1 is 1.50 bits per heavy atom. The molecule has 0 saturated carbocycles. The molecule has 12 heavy (non-hydrogen) atoms. The molecule has 2 heteroatoms. The van der Waals surface area contributed by atoms with Gasteiger partial charge in [0.15, 0.2) is 0 Å². The van der Waals surface area contributed by atoms with Gasteiger partial charge in [-0.2, -0.15) is 0 Å². The van der Waals surface area contributed by atoms with Crippen molar-refractivity contribution >= 4 is 11.9 Å². The molecule has 0 aliphatic carbocycles. The maximum absolute atomic E-state index is 13.0. The molecule has 0 radical (unpaired) electrons. The molecule has 0 aliphatic rings. The summed E-state index contributed by atoms with van der Waals surface area (Å²) < 4.78 is 13.0. The van der Waals surface area contributed by atoms with Crippen LogP contribution in [0, 0.1) is 5.82 Å². The maximum atomic E-state index is 13.0. The molecule has 0 saturated heterocycles. The zero-order valence-corrected chi connectivity index (χ0v) is 7.34. The van der Waals surface area contributed by atoms with Crippen molar-refractivity contribution in [1.29, 1.82) is 0 Å². The Balaban J connectivity index is 3.05. The summed E-state index contributed by atoms with van der Waals surface area (Å²) in [6.07, 6.45) is 2.41. The molecule has 1 rings (SSSR count). The van der Waals surface area contributed by atoms with E-state index in [1.54, 1.807) is 18.3 Å². The Bertz CT molecular complexity index is 292. The highest BCUT2D eigenvalue weighted by Crippen LogP contribution is 2.17. The summed E-state index contributed by atoms with van der Waals surface area (Å²) in [4.78, 5) is 4.06. The van der Waals surface area contributed by atoms with Gasteiger partial charge in [0, 0.05) is 6.21 Å². The summed E-state index contributed by atoms with van der Waals surface area (Å²) >= 11 is 0. The molecule has 1 aromatic carbocycles. The summed E-state index contributed by atoms with van der Waals surface area (Å²) in [7, 11) is 0. The van der Waals surface area contributed by atoms with Gasteiger partial charge in [-0.15, -0.1) is 0 Å². The average molecular weight is 165 g/mol. The van der Waals surface area contributed by atoms with E-state index >= 15 is 0 Å². The first-order valence-corrected chi connectivity index (χ1v) is 4.05. The molecule has 0 spiro atoms. The molecule has 0 heterocycles. The predicted molar refractivity (Wildman–Crippen MR) is 49.6 cm³/mol. The van der Waals surface area contributed by atoms with Crippen LogP contribution in [0.4, 0.5) is 10.1 Å². The molecule has 0 aliphatic heterocycles. The van der Waals surface area contributed by atoms with Crippen LogP contribution in [0.25, 0.3) is 0 Å². The third-order valence-electron chi connectivity index (χ3n) is 1.69. The highest BCUT2D eigenvalue weighted by molar-refractivity contribution is 5.60. The van der Waals surface area contributed by atoms with Crippen molar-refractivity contribution in [3.05, 3.63) is 29.6 Å². The van der Waals surface area contributed by atoms with Crippen LogP contribution < -0.4 is 0 Å². The van der Waals surface area contributed by atoms with Gasteiger partial charge in [0.2, 0.25) is 0 Å². The lowest BCUT2D eigenvalue weighted by atomic mass is 10.1. The summed E-state index contributed by atoms with van der Waals surface area (Å²) in [5.41, 5.74) is 1.54. The van der Waals surface area contributed by atoms with Crippen LogP contribution in [0.5, 0.6) is 0 Å². The van der Waals surface area contributed by atoms with Crippen molar-refractivity contribution < 1.29 is 4.39 Å². The van der Waals surface area contributed by atoms with E-state index in [0.717, 1.165) is 11.3 Å². The largest absolute Gasteiger partial charge is 0.262 e. The van der Waals surface area contributed by atoms with E-state index in [4.69, 9.17) is 0 Å². The SMILES string of the molecule is CC=Nc1ccc(F)c(CC)c1. The zero-order chi connectivity index (χ0) is 8.97. The van der Waals surface area contributed by atoms with E-state index < -0.39 is 0 Å². The van der Waals surface area contributed by atoms with Gasteiger partial charge in [-0.3, -0.25) is 4.99 Å². The third-order valence-corrected chi connectivity index (χ3v) is 1.69. The minimum atomic E-state index is -0.146. The quantitative estimate of drug-likeness (QED) is 0.597. The van der Waals surface area contributed by atoms with Gasteiger partial charge in [0.1, 0.15) is 5.82 Å². The van der Waals surface area contributed by atoms with Gasteiger partial charge in [-0.25, -0.2) is 4.39 Å². The molecule has 0 aromatic heterocycles. The minimum Gasteiger partial charge on any atom is -0.262 e. The van der Waals surface area contributed by atoms with E-state index in [1.807, 2.05) is 13.8 Å². The molecule has 1 nitrogen and oxygen atoms in total. The number of benzene rings is 1. The van der Waals surface area contributed by atoms with E-state index in [9.17, 15) is 4.39 Å². The van der Waals surface area contributed by atoms with E-state index in [-0.39, 0.29) is 5.82 Å². The molecule has 0 fully saturated rings. The molecule has 0 bridgehead atoms. The van der Waals surface area contributed by atoms with Gasteiger partial charge in [0.05, 0.1) is 5.69 Å². The first-order valence-electron chi connectivity index (χ1n) is 4.05. The number of hydrogen-bond acceptors (Lipinski definition) is 1. The van der Waals surface area contributed by atoms with Crippen molar-refractivity contribution in [2.24, 2.45) is 4.99 Å². The second-order valence-corrected chi connectivity index (χ2v) is 2.52. The van der Waals surface area contributed by atoms with Crippen molar-refractivity contribution in [2.75, 3.05) is 0 Å². The van der Waals surface area contributed by atoms with Crippen LogP contribution in [-0.4, -0.2) is 6.21 Å². The number of aliphatic imine (C=N–C) groups is 1. The third kappa shape index (κ3) is 1.91. The van der Waals surface area contributed by atoms with Gasteiger partial charge in [-0.1, -0.05) is 6.92 Å². The Labute approximate surface area is 72.0 Å². The normalized spacial score (nSPS) is 10.9. The molecule has 0 amide bonds. The Morgan fingerprint density at radius 3 is 2.83 bits per heavy atom. The highest BCUT2D eigenvalue weighted by atomic mass is 19.1. The van der Waals surface area contributed by atoms with E-state index in [1.165, 1.54) is 6.07 Å². The Hall–Kier alpha value is -1.18. The number of halogens is 1. The average Bonchev–Trinajstić information content (AvgIpc) is 2.09.